The van der Waals surface area contributed by atoms with E-state index < -0.39 is 10.8 Å². The Hall–Kier alpha value is -19.3. The molecule has 4 aliphatic rings. The summed E-state index contributed by atoms with van der Waals surface area (Å²) in [7, 11) is 0. The number of para-hydroxylation sites is 1. The third-order valence-corrected chi connectivity index (χ3v) is 29.1. The summed E-state index contributed by atoms with van der Waals surface area (Å²) in [6, 6.07) is 181. The van der Waals surface area contributed by atoms with Gasteiger partial charge in [0.25, 0.3) is 0 Å². The van der Waals surface area contributed by atoms with Crippen molar-refractivity contribution in [1.29, 1.82) is 0 Å². The third kappa shape index (κ3) is 14.3. The second kappa shape index (κ2) is 35.5. The Labute approximate surface area is 838 Å². The first-order valence-electron chi connectivity index (χ1n) is 49.1. The lowest BCUT2D eigenvalue weighted by molar-refractivity contribution is 0.672. The number of furan rings is 1. The Morgan fingerprint density at radius 1 is 0.131 bits per heavy atom. The van der Waals surface area contributed by atoms with Gasteiger partial charge in [-0.1, -0.05) is 497 Å². The lowest BCUT2D eigenvalue weighted by Crippen LogP contribution is -2.25. The smallest absolute Gasteiger partial charge is 0.164 e. The Morgan fingerprint density at radius 2 is 0.386 bits per heavy atom. The summed E-state index contributed by atoms with van der Waals surface area (Å²) < 4.78 is 6.35. The Balaban J connectivity index is 0.000000108. The standard InChI is InChI=1S/2C46H29N3.C43H27N3O/c1-3-16-30(17-4-1)43-47-44(31-18-5-2-6-19-31)49-45(48-43)36-23-8-7-20-32(36)35-25-15-29-41-42(35)37-24-11-14-28-40(37)46(41)38-26-12-9-21-33(38)34-22-10-13-27-39(34)46;1-3-15-30(16-4-1)43-47-44(31-17-5-2-6-18-31)49-45(48-43)38-23-8-7-19-33(38)32-27-28-37-36-22-11-14-26-41(36)46(42(37)29-32)39-24-12-9-20-34(39)35-21-10-13-25-40(35)46;1-3-13-30(14-4-1)41-44-42(31-15-5-2-6-16-31)46-43(45-41)36-21-10-7-17-32(36)28-23-25-29(26-24-28)37-27-38-34-19-11-12-22-39(34)47-40(38)35-20-9-8-18-33(35)37/h2*1-29H;1-27H. The third-order valence-electron chi connectivity index (χ3n) is 29.1. The van der Waals surface area contributed by atoms with Crippen LogP contribution in [-0.2, 0) is 10.8 Å². The van der Waals surface area contributed by atoms with Gasteiger partial charge in [-0.3, -0.25) is 0 Å². The molecule has 4 heterocycles. The zero-order valence-corrected chi connectivity index (χ0v) is 78.5. The van der Waals surface area contributed by atoms with Crippen LogP contribution in [-0.4, -0.2) is 44.9 Å². The summed E-state index contributed by atoms with van der Waals surface area (Å²) in [6.45, 7) is 0. The van der Waals surface area contributed by atoms with E-state index in [9.17, 15) is 0 Å². The molecule has 0 saturated heterocycles. The summed E-state index contributed by atoms with van der Waals surface area (Å²) in [5.41, 5.74) is 39.5. The van der Waals surface area contributed by atoms with Crippen LogP contribution in [0.4, 0.5) is 0 Å². The van der Waals surface area contributed by atoms with Gasteiger partial charge in [0.2, 0.25) is 0 Å². The molecule has 21 aromatic carbocycles. The van der Waals surface area contributed by atoms with Crippen LogP contribution in [0, 0.1) is 0 Å². The topological polar surface area (TPSA) is 129 Å². The Kier molecular flexibility index (Phi) is 20.8. The zero-order valence-electron chi connectivity index (χ0n) is 78.5. The number of aromatic nitrogens is 9. The number of benzene rings is 21. The molecule has 145 heavy (non-hydrogen) atoms. The molecule has 0 aliphatic heterocycles. The van der Waals surface area contributed by atoms with E-state index >= 15 is 0 Å². The molecular formula is C135H85N9O. The molecule has 676 valence electrons. The molecule has 10 nitrogen and oxygen atoms in total. The predicted molar refractivity (Wildman–Crippen MR) is 588 cm³/mol. The molecule has 4 aliphatic carbocycles. The van der Waals surface area contributed by atoms with E-state index in [0.717, 1.165) is 111 Å². The van der Waals surface area contributed by atoms with Crippen LogP contribution in [0.25, 0.3) is 224 Å². The van der Waals surface area contributed by atoms with Crippen molar-refractivity contribution in [3.8, 4) is 192 Å². The second-order valence-corrected chi connectivity index (χ2v) is 37.0. The molecule has 0 bridgehead atoms. The minimum absolute atomic E-state index is 0.405. The number of nitrogens with zero attached hydrogens (tertiary/aromatic N) is 9. The van der Waals surface area contributed by atoms with Crippen molar-refractivity contribution >= 4 is 32.7 Å². The summed E-state index contributed by atoms with van der Waals surface area (Å²) >= 11 is 0. The van der Waals surface area contributed by atoms with Gasteiger partial charge in [0.1, 0.15) is 11.2 Å². The van der Waals surface area contributed by atoms with Gasteiger partial charge in [0, 0.05) is 66.2 Å². The first-order valence-corrected chi connectivity index (χ1v) is 49.1. The van der Waals surface area contributed by atoms with Crippen LogP contribution in [0.5, 0.6) is 0 Å². The molecule has 4 aromatic heterocycles. The summed E-state index contributed by atoms with van der Waals surface area (Å²) in [5.74, 6) is 5.85. The maximum Gasteiger partial charge on any atom is 0.164 e. The molecule has 25 aromatic rings. The van der Waals surface area contributed by atoms with Gasteiger partial charge < -0.3 is 4.42 Å². The Morgan fingerprint density at radius 3 is 0.779 bits per heavy atom. The van der Waals surface area contributed by atoms with E-state index in [4.69, 9.17) is 49.3 Å². The first-order chi connectivity index (χ1) is 71.9. The highest BCUT2D eigenvalue weighted by Gasteiger charge is 2.54. The largest absolute Gasteiger partial charge is 0.455 e. The number of hydrogen-bond acceptors (Lipinski definition) is 10. The van der Waals surface area contributed by atoms with Crippen molar-refractivity contribution in [2.45, 2.75) is 10.8 Å². The van der Waals surface area contributed by atoms with E-state index in [0.29, 0.717) is 52.4 Å². The summed E-state index contributed by atoms with van der Waals surface area (Å²) in [4.78, 5) is 45.2. The van der Waals surface area contributed by atoms with Gasteiger partial charge in [0.05, 0.1) is 10.8 Å². The molecule has 0 atom stereocenters. The number of hydrogen-bond donors (Lipinski definition) is 0. The van der Waals surface area contributed by atoms with Gasteiger partial charge in [-0.25, -0.2) is 44.9 Å². The average molecular weight is 1850 g/mol. The fraction of sp³-hybridized carbons (Fsp3) is 0.0148. The van der Waals surface area contributed by atoms with Gasteiger partial charge in [-0.15, -0.1) is 0 Å². The lowest BCUT2D eigenvalue weighted by atomic mass is 9.70. The number of rotatable bonds is 13. The van der Waals surface area contributed by atoms with Crippen LogP contribution in [0.15, 0.2) is 520 Å². The maximum absolute atomic E-state index is 6.35. The highest BCUT2D eigenvalue weighted by atomic mass is 16.3. The van der Waals surface area contributed by atoms with E-state index in [1.807, 2.05) is 152 Å². The van der Waals surface area contributed by atoms with Crippen molar-refractivity contribution in [3.63, 3.8) is 0 Å². The Bertz CT molecular complexity index is 9000. The van der Waals surface area contributed by atoms with Gasteiger partial charge in [-0.05, 0) is 157 Å². The molecule has 0 amide bonds. The van der Waals surface area contributed by atoms with Crippen molar-refractivity contribution in [1.82, 2.24) is 44.9 Å². The highest BCUT2D eigenvalue weighted by molar-refractivity contribution is 6.19. The molecule has 0 N–H and O–H groups in total. The fourth-order valence-corrected chi connectivity index (χ4v) is 22.8. The van der Waals surface area contributed by atoms with Crippen molar-refractivity contribution in [3.05, 3.63) is 560 Å². The van der Waals surface area contributed by atoms with E-state index in [1.54, 1.807) is 0 Å². The molecule has 0 saturated carbocycles. The van der Waals surface area contributed by atoms with E-state index in [2.05, 4.69) is 364 Å². The lowest BCUT2D eigenvalue weighted by Gasteiger charge is -2.30. The fourth-order valence-electron chi connectivity index (χ4n) is 22.8. The highest BCUT2D eigenvalue weighted by Crippen LogP contribution is 2.66. The van der Waals surface area contributed by atoms with Crippen molar-refractivity contribution < 1.29 is 4.42 Å². The van der Waals surface area contributed by atoms with E-state index in [1.165, 1.54) is 106 Å². The molecule has 0 fully saturated rings. The van der Waals surface area contributed by atoms with Gasteiger partial charge in [0.15, 0.2) is 52.4 Å². The van der Waals surface area contributed by atoms with Gasteiger partial charge in [-0.2, -0.15) is 0 Å². The number of fused-ring (bicyclic) bond motifs is 25. The van der Waals surface area contributed by atoms with Crippen LogP contribution in [0.3, 0.4) is 0 Å². The SMILES string of the molecule is c1ccc(-c2nc(-c3ccccc3)nc(-c3ccccc3-c3ccc(-c4cc5c6ccccc6oc5c5ccccc45)cc3)n2)cc1.c1ccc(-c2nc(-c3ccccc3)nc(-c3ccccc3-c3ccc4c(c3)C3(c5ccccc5-c5ccccc53)c3ccccc3-4)n2)cc1.c1ccc(-c2nc(-c3ccccc3)nc(-c3ccccc3-c3cccc4c3-c3ccccc3C43c4ccccc4-c4ccccc43)n2)cc1. The van der Waals surface area contributed by atoms with Crippen LogP contribution >= 0.6 is 0 Å². The van der Waals surface area contributed by atoms with Crippen LogP contribution in [0.1, 0.15) is 44.5 Å². The van der Waals surface area contributed by atoms with Crippen LogP contribution in [0.2, 0.25) is 0 Å². The monoisotopic (exact) mass is 1850 g/mol. The van der Waals surface area contributed by atoms with Gasteiger partial charge >= 0.3 is 0 Å². The molecule has 2 spiro atoms. The molecule has 29 rings (SSSR count). The molecule has 0 unspecified atom stereocenters. The minimum Gasteiger partial charge on any atom is -0.455 e. The van der Waals surface area contributed by atoms with Crippen LogP contribution < -0.4 is 0 Å². The second-order valence-electron chi connectivity index (χ2n) is 37.0. The normalized spacial score (nSPS) is 12.5. The minimum atomic E-state index is -0.405. The molecule has 0 radical (unpaired) electrons. The maximum atomic E-state index is 6.35. The zero-order chi connectivity index (χ0) is 95.9. The average Bonchev–Trinajstić information content (AvgIpc) is 1.51. The first kappa shape index (κ1) is 84.9. The predicted octanol–water partition coefficient (Wildman–Crippen LogP) is 33.0. The summed E-state index contributed by atoms with van der Waals surface area (Å²) in [5, 5.41) is 4.53. The van der Waals surface area contributed by atoms with E-state index in [-0.39, 0.29) is 0 Å². The van der Waals surface area contributed by atoms with Crippen molar-refractivity contribution in [2.24, 2.45) is 0 Å². The molecular weight excluding hydrogens is 1760 g/mol. The quantitative estimate of drug-likeness (QED) is 0.110. The van der Waals surface area contributed by atoms with Crippen molar-refractivity contribution in [2.75, 3.05) is 0 Å². The summed E-state index contributed by atoms with van der Waals surface area (Å²) in [6.07, 6.45) is 0. The molecule has 10 heteroatoms.